The van der Waals surface area contributed by atoms with Gasteiger partial charge in [0, 0.05) is 38.6 Å². The van der Waals surface area contributed by atoms with Crippen LogP contribution in [0.25, 0.3) is 0 Å². The van der Waals surface area contributed by atoms with Gasteiger partial charge in [0.15, 0.2) is 0 Å². The molecule has 0 N–H and O–H groups in total. The zero-order valence-electron chi connectivity index (χ0n) is 17.0. The molecule has 156 valence electrons. The average Bonchev–Trinajstić information content (AvgIpc) is 3.63. The van der Waals surface area contributed by atoms with Gasteiger partial charge in [-0.1, -0.05) is 36.4 Å². The van der Waals surface area contributed by atoms with Crippen molar-refractivity contribution in [1.82, 2.24) is 9.80 Å². The number of anilines is 1. The molecule has 0 bridgehead atoms. The quantitative estimate of drug-likeness (QED) is 0.786. The zero-order valence-corrected chi connectivity index (χ0v) is 17.0. The summed E-state index contributed by atoms with van der Waals surface area (Å²) in [6.07, 6.45) is 2.65. The Hall–Kier alpha value is -2.89. The number of carbonyl (C=O) groups is 2. The van der Waals surface area contributed by atoms with E-state index in [0.29, 0.717) is 38.4 Å². The van der Waals surface area contributed by atoms with Crippen LogP contribution in [0.4, 0.5) is 10.1 Å². The van der Waals surface area contributed by atoms with Gasteiger partial charge in [0.2, 0.25) is 11.8 Å². The molecule has 1 aliphatic carbocycles. The predicted octanol–water partition coefficient (Wildman–Crippen LogP) is 3.01. The highest BCUT2D eigenvalue weighted by Gasteiger charge is 2.43. The third kappa shape index (κ3) is 3.44. The van der Waals surface area contributed by atoms with Crippen LogP contribution in [-0.2, 0) is 16.0 Å². The number of halogens is 1. The Labute approximate surface area is 176 Å². The number of hydrogen-bond donors (Lipinski definition) is 0. The molecule has 2 heterocycles. The minimum absolute atomic E-state index is 0.00988. The van der Waals surface area contributed by atoms with Crippen LogP contribution < -0.4 is 4.90 Å². The second-order valence-electron chi connectivity index (χ2n) is 8.42. The Kier molecular flexibility index (Phi) is 4.93. The number of carbonyl (C=O) groups excluding carboxylic acids is 2. The van der Waals surface area contributed by atoms with E-state index in [1.807, 2.05) is 39.0 Å². The average molecular weight is 407 g/mol. The number of piperazine rings is 1. The molecule has 0 radical (unpaired) electrons. The highest BCUT2D eigenvalue weighted by Crippen LogP contribution is 2.38. The summed E-state index contributed by atoms with van der Waals surface area (Å²) in [6, 6.07) is 14.2. The van der Waals surface area contributed by atoms with Crippen LogP contribution in [-0.4, -0.2) is 54.3 Å². The predicted molar refractivity (Wildman–Crippen MR) is 113 cm³/mol. The number of rotatable bonds is 3. The molecule has 0 aromatic heterocycles. The Morgan fingerprint density at radius 1 is 0.833 bits per heavy atom. The summed E-state index contributed by atoms with van der Waals surface area (Å²) in [4.78, 5) is 32.2. The van der Waals surface area contributed by atoms with Crippen LogP contribution in [0.3, 0.4) is 0 Å². The maximum absolute atomic E-state index is 14.1. The third-order valence-electron chi connectivity index (χ3n) is 6.51. The van der Waals surface area contributed by atoms with Gasteiger partial charge in [0.1, 0.15) is 11.9 Å². The molecule has 2 aromatic carbocycles. The smallest absolute Gasteiger partial charge is 0.250 e. The standard InChI is InChI=1S/C24H26FN3O2/c25-20-7-3-4-8-21(20)26-13-15-27(16-14-26)24(30)22-19-6-2-1-5-17(19)11-12-28(22)23(29)18-9-10-18/h1-8,18,22H,9-16H2/t22-/m0/s1. The fourth-order valence-corrected chi connectivity index (χ4v) is 4.68. The maximum Gasteiger partial charge on any atom is 0.250 e. The topological polar surface area (TPSA) is 43.9 Å². The molecule has 5 rings (SSSR count). The van der Waals surface area contributed by atoms with Crippen molar-refractivity contribution in [1.29, 1.82) is 0 Å². The molecule has 0 spiro atoms. The lowest BCUT2D eigenvalue weighted by Crippen LogP contribution is -2.54. The van der Waals surface area contributed by atoms with E-state index < -0.39 is 6.04 Å². The van der Waals surface area contributed by atoms with Crippen LogP contribution in [0.1, 0.15) is 30.0 Å². The minimum Gasteiger partial charge on any atom is -0.366 e. The number of amides is 2. The highest BCUT2D eigenvalue weighted by molar-refractivity contribution is 5.91. The van der Waals surface area contributed by atoms with Crippen LogP contribution in [0.2, 0.25) is 0 Å². The van der Waals surface area contributed by atoms with E-state index in [2.05, 4.69) is 6.07 Å². The van der Waals surface area contributed by atoms with Crippen molar-refractivity contribution in [2.24, 2.45) is 5.92 Å². The van der Waals surface area contributed by atoms with Gasteiger partial charge in [-0.05, 0) is 42.5 Å². The van der Waals surface area contributed by atoms with Gasteiger partial charge in [-0.3, -0.25) is 9.59 Å². The van der Waals surface area contributed by atoms with Crippen molar-refractivity contribution in [3.63, 3.8) is 0 Å². The van der Waals surface area contributed by atoms with Gasteiger partial charge in [0.25, 0.3) is 0 Å². The van der Waals surface area contributed by atoms with E-state index in [9.17, 15) is 14.0 Å². The molecule has 2 amide bonds. The summed E-state index contributed by atoms with van der Waals surface area (Å²) in [6.45, 7) is 2.81. The molecule has 2 aromatic rings. The molecule has 3 aliphatic rings. The largest absolute Gasteiger partial charge is 0.366 e. The summed E-state index contributed by atoms with van der Waals surface area (Å²) in [7, 11) is 0. The molecule has 2 fully saturated rings. The Morgan fingerprint density at radius 2 is 1.53 bits per heavy atom. The van der Waals surface area contributed by atoms with E-state index >= 15 is 0 Å². The molecule has 0 unspecified atom stereocenters. The number of fused-ring (bicyclic) bond motifs is 1. The normalized spacial score (nSPS) is 21.4. The van der Waals surface area contributed by atoms with Crippen LogP contribution in [0, 0.1) is 11.7 Å². The van der Waals surface area contributed by atoms with E-state index in [1.54, 1.807) is 12.1 Å². The molecule has 5 nitrogen and oxygen atoms in total. The lowest BCUT2D eigenvalue weighted by atomic mass is 9.91. The van der Waals surface area contributed by atoms with E-state index in [4.69, 9.17) is 0 Å². The van der Waals surface area contributed by atoms with Gasteiger partial charge in [-0.15, -0.1) is 0 Å². The van der Waals surface area contributed by atoms with E-state index in [0.717, 1.165) is 30.4 Å². The second kappa shape index (κ2) is 7.74. The summed E-state index contributed by atoms with van der Waals surface area (Å²) in [5, 5.41) is 0. The first-order valence-electron chi connectivity index (χ1n) is 10.8. The SMILES string of the molecule is O=C([C@@H]1c2ccccc2CCN1C(=O)C1CC1)N1CCN(c2ccccc2F)CC1. The highest BCUT2D eigenvalue weighted by atomic mass is 19.1. The fourth-order valence-electron chi connectivity index (χ4n) is 4.68. The van der Waals surface area contributed by atoms with E-state index in [-0.39, 0.29) is 23.5 Å². The van der Waals surface area contributed by atoms with Crippen LogP contribution >= 0.6 is 0 Å². The zero-order chi connectivity index (χ0) is 20.7. The van der Waals surface area contributed by atoms with Crippen LogP contribution in [0.5, 0.6) is 0 Å². The minimum atomic E-state index is -0.539. The molecule has 1 atom stereocenters. The summed E-state index contributed by atoms with van der Waals surface area (Å²) < 4.78 is 14.1. The van der Waals surface area contributed by atoms with Gasteiger partial charge >= 0.3 is 0 Å². The van der Waals surface area contributed by atoms with Gasteiger partial charge in [-0.2, -0.15) is 0 Å². The van der Waals surface area contributed by atoms with Crippen molar-refractivity contribution >= 4 is 17.5 Å². The van der Waals surface area contributed by atoms with Crippen molar-refractivity contribution in [2.75, 3.05) is 37.6 Å². The summed E-state index contributed by atoms with van der Waals surface area (Å²) in [5.41, 5.74) is 2.69. The lowest BCUT2D eigenvalue weighted by molar-refractivity contribution is -0.147. The molecular weight excluding hydrogens is 381 g/mol. The van der Waals surface area contributed by atoms with Gasteiger partial charge in [-0.25, -0.2) is 4.39 Å². The first-order valence-corrected chi connectivity index (χ1v) is 10.8. The summed E-state index contributed by atoms with van der Waals surface area (Å²) in [5.74, 6) is -0.0414. The monoisotopic (exact) mass is 407 g/mol. The summed E-state index contributed by atoms with van der Waals surface area (Å²) >= 11 is 0. The van der Waals surface area contributed by atoms with Gasteiger partial charge < -0.3 is 14.7 Å². The van der Waals surface area contributed by atoms with Crippen molar-refractivity contribution < 1.29 is 14.0 Å². The molecule has 6 heteroatoms. The number of nitrogens with zero attached hydrogens (tertiary/aromatic N) is 3. The molecule has 2 aliphatic heterocycles. The van der Waals surface area contributed by atoms with Crippen molar-refractivity contribution in [3.05, 3.63) is 65.5 Å². The third-order valence-corrected chi connectivity index (χ3v) is 6.51. The Morgan fingerprint density at radius 3 is 2.27 bits per heavy atom. The number of benzene rings is 2. The van der Waals surface area contributed by atoms with E-state index in [1.165, 1.54) is 6.07 Å². The lowest BCUT2D eigenvalue weighted by Gasteiger charge is -2.42. The number of para-hydroxylation sites is 1. The fraction of sp³-hybridized carbons (Fsp3) is 0.417. The molecule has 1 saturated carbocycles. The Balaban J connectivity index is 1.36. The Bertz CT molecular complexity index is 966. The first kappa shape index (κ1) is 19.1. The van der Waals surface area contributed by atoms with Crippen molar-refractivity contribution in [3.8, 4) is 0 Å². The van der Waals surface area contributed by atoms with Crippen molar-refractivity contribution in [2.45, 2.75) is 25.3 Å². The van der Waals surface area contributed by atoms with Gasteiger partial charge in [0.05, 0.1) is 5.69 Å². The van der Waals surface area contributed by atoms with Crippen LogP contribution in [0.15, 0.2) is 48.5 Å². The molecular formula is C24H26FN3O2. The second-order valence-corrected chi connectivity index (χ2v) is 8.42. The molecule has 30 heavy (non-hydrogen) atoms. The first-order chi connectivity index (χ1) is 14.6. The number of hydrogen-bond acceptors (Lipinski definition) is 3. The maximum atomic E-state index is 14.1. The molecule has 1 saturated heterocycles.